The van der Waals surface area contributed by atoms with Crippen molar-refractivity contribution in [3.63, 3.8) is 0 Å². The molecule has 1 aliphatic heterocycles. The van der Waals surface area contributed by atoms with E-state index in [4.69, 9.17) is 23.1 Å². The number of benzene rings is 2. The molecule has 0 bridgehead atoms. The number of imidazole rings is 1. The zero-order valence-electron chi connectivity index (χ0n) is 12.6. The molecule has 1 unspecified atom stereocenters. The number of aryl methyl sites for hydroxylation is 1. The first kappa shape index (κ1) is 14.1. The molecule has 1 aromatic heterocycles. The molecular weight excluding hydrogens is 310 g/mol. The van der Waals surface area contributed by atoms with Gasteiger partial charge in [-0.15, -0.1) is 0 Å². The maximum absolute atomic E-state index is 6.53. The Morgan fingerprint density at radius 1 is 1.17 bits per heavy atom. The first-order chi connectivity index (χ1) is 11.1. The van der Waals surface area contributed by atoms with Crippen LogP contribution in [0.15, 0.2) is 48.9 Å². The molecule has 3 aromatic rings. The highest BCUT2D eigenvalue weighted by Gasteiger charge is 2.32. The highest BCUT2D eigenvalue weighted by molar-refractivity contribution is 6.33. The maximum Gasteiger partial charge on any atom is 0.125 e. The van der Waals surface area contributed by atoms with Crippen LogP contribution >= 0.6 is 11.6 Å². The quantitative estimate of drug-likeness (QED) is 0.671. The van der Waals surface area contributed by atoms with Crippen LogP contribution in [-0.2, 0) is 0 Å². The number of aromatic nitrogens is 2. The number of hydrogen-bond donors (Lipinski definition) is 2. The van der Waals surface area contributed by atoms with E-state index in [1.54, 1.807) is 12.5 Å². The predicted molar refractivity (Wildman–Crippen MR) is 93.2 cm³/mol. The summed E-state index contributed by atoms with van der Waals surface area (Å²) in [4.78, 5) is 6.28. The summed E-state index contributed by atoms with van der Waals surface area (Å²) in [5.74, 6) is 0. The van der Waals surface area contributed by atoms with E-state index in [9.17, 15) is 0 Å². The van der Waals surface area contributed by atoms with E-state index in [0.29, 0.717) is 10.7 Å². The molecule has 0 amide bonds. The van der Waals surface area contributed by atoms with Crippen LogP contribution in [0.25, 0.3) is 5.69 Å². The fourth-order valence-electron chi connectivity index (χ4n) is 3.13. The van der Waals surface area contributed by atoms with Gasteiger partial charge in [0.05, 0.1) is 40.3 Å². The number of nitrogens with zero attached hydrogens (tertiary/aromatic N) is 3. The molecule has 23 heavy (non-hydrogen) atoms. The molecule has 0 saturated heterocycles. The van der Waals surface area contributed by atoms with Gasteiger partial charge in [-0.05, 0) is 36.8 Å². The van der Waals surface area contributed by atoms with Crippen molar-refractivity contribution in [1.29, 1.82) is 0 Å². The number of anilines is 3. The van der Waals surface area contributed by atoms with Crippen molar-refractivity contribution in [3.8, 4) is 5.69 Å². The van der Waals surface area contributed by atoms with Gasteiger partial charge in [0, 0.05) is 5.69 Å². The Kier molecular flexibility index (Phi) is 3.07. The van der Waals surface area contributed by atoms with Crippen LogP contribution in [-0.4, -0.2) is 9.55 Å². The Balaban J connectivity index is 2.03. The summed E-state index contributed by atoms with van der Waals surface area (Å²) in [5.41, 5.74) is 17.9. The third-order valence-electron chi connectivity index (χ3n) is 4.20. The molecule has 116 valence electrons. The third-order valence-corrected chi connectivity index (χ3v) is 4.50. The highest BCUT2D eigenvalue weighted by Crippen LogP contribution is 2.45. The van der Waals surface area contributed by atoms with Gasteiger partial charge in [0.25, 0.3) is 0 Å². The Labute approximate surface area is 139 Å². The second kappa shape index (κ2) is 5.01. The van der Waals surface area contributed by atoms with Gasteiger partial charge in [-0.2, -0.15) is 0 Å². The Morgan fingerprint density at radius 2 is 2.00 bits per heavy atom. The number of hydrogen-bond acceptors (Lipinski definition) is 4. The minimum atomic E-state index is -0.382. The second-order valence-corrected chi connectivity index (χ2v) is 6.06. The normalized spacial score (nSPS) is 16.1. The summed E-state index contributed by atoms with van der Waals surface area (Å²) in [6, 6.07) is 11.6. The first-order valence-electron chi connectivity index (χ1n) is 7.30. The molecule has 6 heteroatoms. The number of nitrogens with two attached hydrogens (primary N) is 2. The van der Waals surface area contributed by atoms with E-state index in [-0.39, 0.29) is 6.17 Å². The van der Waals surface area contributed by atoms with Crippen molar-refractivity contribution in [2.75, 3.05) is 10.6 Å². The number of fused-ring (bicyclic) bond motifs is 3. The van der Waals surface area contributed by atoms with Gasteiger partial charge in [0.2, 0.25) is 0 Å². The molecule has 0 radical (unpaired) electrons. The third kappa shape index (κ3) is 2.01. The van der Waals surface area contributed by atoms with Crippen LogP contribution in [0.1, 0.15) is 17.4 Å². The summed E-state index contributed by atoms with van der Waals surface area (Å²) in [7, 11) is 0. The monoisotopic (exact) mass is 325 g/mol. The zero-order valence-corrected chi connectivity index (χ0v) is 13.3. The maximum atomic E-state index is 6.53. The van der Waals surface area contributed by atoms with Gasteiger partial charge >= 0.3 is 0 Å². The van der Waals surface area contributed by atoms with E-state index in [1.807, 2.05) is 52.8 Å². The van der Waals surface area contributed by atoms with Crippen LogP contribution < -0.4 is 16.4 Å². The molecule has 1 atom stereocenters. The number of rotatable bonds is 1. The minimum absolute atomic E-state index is 0.382. The molecular formula is C17H16ClN5. The van der Waals surface area contributed by atoms with Crippen LogP contribution in [0, 0.1) is 6.92 Å². The van der Waals surface area contributed by atoms with Crippen molar-refractivity contribution in [3.05, 3.63) is 65.2 Å². The predicted octanol–water partition coefficient (Wildman–Crippen LogP) is 3.53. The first-order valence-corrected chi connectivity index (χ1v) is 7.68. The number of nitrogen functional groups attached to an aromatic ring is 1. The smallest absolute Gasteiger partial charge is 0.125 e. The number of para-hydroxylation sites is 1. The molecule has 0 spiro atoms. The fourth-order valence-corrected chi connectivity index (χ4v) is 3.45. The molecule has 4 rings (SSSR count). The minimum Gasteiger partial charge on any atom is -0.399 e. The lowest BCUT2D eigenvalue weighted by molar-refractivity contribution is 0.665. The van der Waals surface area contributed by atoms with Gasteiger partial charge in [-0.25, -0.2) is 4.98 Å². The number of halogens is 1. The zero-order chi connectivity index (χ0) is 16.1. The molecule has 5 nitrogen and oxygen atoms in total. The lowest BCUT2D eigenvalue weighted by atomic mass is 10.1. The Morgan fingerprint density at radius 3 is 2.78 bits per heavy atom. The van der Waals surface area contributed by atoms with Gasteiger partial charge in [0.15, 0.2) is 0 Å². The molecule has 2 aromatic carbocycles. The molecule has 1 aliphatic rings. The topological polar surface area (TPSA) is 73.1 Å². The summed E-state index contributed by atoms with van der Waals surface area (Å²) in [6.07, 6.45) is 3.15. The molecule has 2 heterocycles. The molecule has 0 saturated carbocycles. The SMILES string of the molecule is Cc1cccc(Cl)c1N1c2ccc(N)cc2-n2cncc2C1N. The highest BCUT2D eigenvalue weighted by atomic mass is 35.5. The van der Waals surface area contributed by atoms with E-state index >= 15 is 0 Å². The molecule has 0 aliphatic carbocycles. The molecule has 0 fully saturated rings. The van der Waals surface area contributed by atoms with Crippen molar-refractivity contribution >= 4 is 28.7 Å². The van der Waals surface area contributed by atoms with Crippen LogP contribution in [0.4, 0.5) is 17.1 Å². The standard InChI is InChI=1S/C17H16ClN5/c1-10-3-2-4-12(18)16(10)23-13-6-5-11(19)7-14(13)22-9-21-8-15(22)17(23)20/h2-9,17H,19-20H2,1H3. The van der Waals surface area contributed by atoms with Gasteiger partial charge < -0.3 is 16.4 Å². The van der Waals surface area contributed by atoms with Gasteiger partial charge in [-0.1, -0.05) is 23.7 Å². The average Bonchev–Trinajstić information content (AvgIpc) is 3.00. The van der Waals surface area contributed by atoms with E-state index in [2.05, 4.69) is 4.98 Å². The Bertz CT molecular complexity index is 881. The summed E-state index contributed by atoms with van der Waals surface area (Å²) in [6.45, 7) is 2.02. The fraction of sp³-hybridized carbons (Fsp3) is 0.118. The van der Waals surface area contributed by atoms with Gasteiger partial charge in [0.1, 0.15) is 6.17 Å². The lowest BCUT2D eigenvalue weighted by Gasteiger charge is -2.38. The Hall–Kier alpha value is -2.50. The summed E-state index contributed by atoms with van der Waals surface area (Å²) in [5, 5.41) is 0.663. The lowest BCUT2D eigenvalue weighted by Crippen LogP contribution is -2.36. The van der Waals surface area contributed by atoms with Crippen molar-refractivity contribution in [1.82, 2.24) is 9.55 Å². The van der Waals surface area contributed by atoms with Crippen LogP contribution in [0.2, 0.25) is 5.02 Å². The van der Waals surface area contributed by atoms with E-state index in [1.165, 1.54) is 0 Å². The van der Waals surface area contributed by atoms with Crippen molar-refractivity contribution in [2.24, 2.45) is 5.73 Å². The van der Waals surface area contributed by atoms with Crippen molar-refractivity contribution in [2.45, 2.75) is 13.1 Å². The summed E-state index contributed by atoms with van der Waals surface area (Å²) >= 11 is 6.48. The largest absolute Gasteiger partial charge is 0.399 e. The second-order valence-electron chi connectivity index (χ2n) is 5.66. The van der Waals surface area contributed by atoms with E-state index in [0.717, 1.165) is 28.3 Å². The van der Waals surface area contributed by atoms with E-state index < -0.39 is 0 Å². The van der Waals surface area contributed by atoms with Crippen molar-refractivity contribution < 1.29 is 0 Å². The van der Waals surface area contributed by atoms with Gasteiger partial charge in [-0.3, -0.25) is 4.57 Å². The van der Waals surface area contributed by atoms with Crippen LogP contribution in [0.3, 0.4) is 0 Å². The average molecular weight is 326 g/mol. The molecule has 4 N–H and O–H groups in total. The van der Waals surface area contributed by atoms with Crippen LogP contribution in [0.5, 0.6) is 0 Å². The summed E-state index contributed by atoms with van der Waals surface area (Å²) < 4.78 is 1.97.